The lowest BCUT2D eigenvalue weighted by atomic mass is 9.90. The molecular weight excluding hydrogens is 306 g/mol. The van der Waals surface area contributed by atoms with Crippen LogP contribution >= 0.6 is 11.8 Å². The zero-order valence-electron chi connectivity index (χ0n) is 14.2. The highest BCUT2D eigenvalue weighted by Crippen LogP contribution is 2.44. The van der Waals surface area contributed by atoms with Gasteiger partial charge >= 0.3 is 0 Å². The predicted octanol–water partition coefficient (Wildman–Crippen LogP) is 3.78. The lowest BCUT2D eigenvalue weighted by molar-refractivity contribution is 0.186. The zero-order chi connectivity index (χ0) is 16.0. The summed E-state index contributed by atoms with van der Waals surface area (Å²) >= 11 is 1.80. The number of amidine groups is 1. The summed E-state index contributed by atoms with van der Waals surface area (Å²) < 4.78 is 7.63. The minimum absolute atomic E-state index is 0.520. The Kier molecular flexibility index (Phi) is 4.01. The van der Waals surface area contributed by atoms with Crippen molar-refractivity contribution in [2.45, 2.75) is 58.2 Å². The third-order valence-corrected chi connectivity index (χ3v) is 6.27. The summed E-state index contributed by atoms with van der Waals surface area (Å²) in [6.45, 7) is 6.09. The molecular formula is C18H25N3OS. The Morgan fingerprint density at radius 2 is 2.13 bits per heavy atom. The molecule has 5 heteroatoms. The Balaban J connectivity index is 1.65. The standard InChI is InChI=1S/C18H25N3OS/c1-12-10-14(13(2)20(12)8-9-22-3)17-11-23-18-19-15-6-4-5-7-16(15)21(17)18/h10-11,15-16H,4-9H2,1-3H3/t15-,16+/m1/s1. The molecule has 0 aromatic carbocycles. The molecule has 1 aromatic heterocycles. The molecule has 4 nitrogen and oxygen atoms in total. The molecule has 0 amide bonds. The average molecular weight is 331 g/mol. The molecule has 0 unspecified atom stereocenters. The van der Waals surface area contributed by atoms with E-state index in [9.17, 15) is 0 Å². The monoisotopic (exact) mass is 331 g/mol. The molecule has 23 heavy (non-hydrogen) atoms. The van der Waals surface area contributed by atoms with Gasteiger partial charge in [0.1, 0.15) is 0 Å². The van der Waals surface area contributed by atoms with E-state index in [1.165, 1.54) is 53.5 Å². The number of aromatic nitrogens is 1. The van der Waals surface area contributed by atoms with E-state index in [4.69, 9.17) is 9.73 Å². The van der Waals surface area contributed by atoms with Gasteiger partial charge in [-0.1, -0.05) is 24.6 Å². The molecule has 2 atom stereocenters. The Bertz CT molecular complexity index is 676. The number of methoxy groups -OCH3 is 1. The molecule has 3 heterocycles. The number of ether oxygens (including phenoxy) is 1. The van der Waals surface area contributed by atoms with Crippen LogP contribution in [0.3, 0.4) is 0 Å². The van der Waals surface area contributed by atoms with Gasteiger partial charge in [-0.05, 0) is 32.8 Å². The van der Waals surface area contributed by atoms with Crippen molar-refractivity contribution >= 4 is 22.6 Å². The number of hydrogen-bond donors (Lipinski definition) is 0. The molecule has 124 valence electrons. The van der Waals surface area contributed by atoms with Crippen LogP contribution in [0.25, 0.3) is 5.70 Å². The van der Waals surface area contributed by atoms with Gasteiger partial charge in [-0.3, -0.25) is 4.99 Å². The van der Waals surface area contributed by atoms with Crippen LogP contribution in [0.5, 0.6) is 0 Å². The smallest absolute Gasteiger partial charge is 0.168 e. The SMILES string of the molecule is COCCn1c(C)cc(C2=CSC3=N[C@@H]4CCCC[C@@H]4N23)c1C. The molecule has 2 aliphatic heterocycles. The summed E-state index contributed by atoms with van der Waals surface area (Å²) in [6.07, 6.45) is 5.20. The lowest BCUT2D eigenvalue weighted by Crippen LogP contribution is -2.38. The van der Waals surface area contributed by atoms with Gasteiger partial charge in [0, 0.05) is 36.0 Å². The molecule has 0 saturated heterocycles. The fourth-order valence-electron chi connectivity index (χ4n) is 4.20. The summed E-state index contributed by atoms with van der Waals surface area (Å²) in [4.78, 5) is 7.51. The van der Waals surface area contributed by atoms with Crippen LogP contribution in [0.2, 0.25) is 0 Å². The average Bonchev–Trinajstić information content (AvgIpc) is 3.18. The Hall–Kier alpha value is -1.20. The van der Waals surface area contributed by atoms with E-state index >= 15 is 0 Å². The highest BCUT2D eigenvalue weighted by Gasteiger charge is 2.42. The van der Waals surface area contributed by atoms with Gasteiger partial charge in [0.05, 0.1) is 24.4 Å². The van der Waals surface area contributed by atoms with Crippen molar-refractivity contribution in [3.8, 4) is 0 Å². The maximum atomic E-state index is 5.26. The highest BCUT2D eigenvalue weighted by molar-refractivity contribution is 8.16. The number of aryl methyl sites for hydroxylation is 1. The summed E-state index contributed by atoms with van der Waals surface area (Å²) in [6, 6.07) is 3.44. The van der Waals surface area contributed by atoms with Crippen LogP contribution in [0.15, 0.2) is 16.5 Å². The van der Waals surface area contributed by atoms with E-state index in [2.05, 4.69) is 34.8 Å². The fraction of sp³-hybridized carbons (Fsp3) is 0.611. The van der Waals surface area contributed by atoms with Gasteiger partial charge in [-0.2, -0.15) is 0 Å². The molecule has 0 spiro atoms. The third-order valence-electron chi connectivity index (χ3n) is 5.41. The van der Waals surface area contributed by atoms with Crippen LogP contribution < -0.4 is 0 Å². The van der Waals surface area contributed by atoms with Gasteiger partial charge in [0.15, 0.2) is 5.17 Å². The first-order chi connectivity index (χ1) is 11.2. The number of nitrogens with zero attached hydrogens (tertiary/aromatic N) is 3. The normalized spacial score (nSPS) is 26.1. The van der Waals surface area contributed by atoms with Crippen molar-refractivity contribution < 1.29 is 4.74 Å². The lowest BCUT2D eigenvalue weighted by Gasteiger charge is -2.32. The molecule has 0 radical (unpaired) electrons. The van der Waals surface area contributed by atoms with E-state index in [0.29, 0.717) is 12.1 Å². The third kappa shape index (κ3) is 2.45. The second-order valence-corrected chi connectivity index (χ2v) is 7.59. The summed E-state index contributed by atoms with van der Waals surface area (Å²) in [5.41, 5.74) is 5.37. The van der Waals surface area contributed by atoms with Crippen molar-refractivity contribution in [2.24, 2.45) is 4.99 Å². The highest BCUT2D eigenvalue weighted by atomic mass is 32.2. The van der Waals surface area contributed by atoms with Crippen LogP contribution in [0.1, 0.15) is 42.6 Å². The van der Waals surface area contributed by atoms with Gasteiger partial charge in [0.2, 0.25) is 0 Å². The summed E-state index contributed by atoms with van der Waals surface area (Å²) in [7, 11) is 1.77. The van der Waals surface area contributed by atoms with Crippen molar-refractivity contribution in [3.05, 3.63) is 28.4 Å². The van der Waals surface area contributed by atoms with Gasteiger partial charge in [-0.15, -0.1) is 0 Å². The first kappa shape index (κ1) is 15.3. The number of fused-ring (bicyclic) bond motifs is 3. The number of aliphatic imine (C=N–C) groups is 1. The number of rotatable bonds is 4. The largest absolute Gasteiger partial charge is 0.383 e. The zero-order valence-corrected chi connectivity index (χ0v) is 15.0. The van der Waals surface area contributed by atoms with Crippen molar-refractivity contribution in [1.82, 2.24) is 9.47 Å². The number of thioether (sulfide) groups is 1. The molecule has 0 N–H and O–H groups in total. The van der Waals surface area contributed by atoms with Crippen LogP contribution in [-0.4, -0.2) is 40.4 Å². The molecule has 3 aliphatic rings. The Morgan fingerprint density at radius 3 is 2.96 bits per heavy atom. The van der Waals surface area contributed by atoms with Crippen molar-refractivity contribution in [3.63, 3.8) is 0 Å². The van der Waals surface area contributed by atoms with E-state index in [0.717, 1.165) is 13.2 Å². The molecule has 1 aromatic rings. The Labute approximate surface area is 142 Å². The molecule has 1 fully saturated rings. The van der Waals surface area contributed by atoms with E-state index in [1.807, 2.05) is 0 Å². The first-order valence-corrected chi connectivity index (χ1v) is 9.48. The van der Waals surface area contributed by atoms with Gasteiger partial charge in [-0.25, -0.2) is 0 Å². The second kappa shape index (κ2) is 6.02. The maximum Gasteiger partial charge on any atom is 0.168 e. The minimum Gasteiger partial charge on any atom is -0.383 e. The predicted molar refractivity (Wildman–Crippen MR) is 96.7 cm³/mol. The quantitative estimate of drug-likeness (QED) is 0.841. The van der Waals surface area contributed by atoms with E-state index < -0.39 is 0 Å². The molecule has 1 saturated carbocycles. The van der Waals surface area contributed by atoms with Gasteiger partial charge in [0.25, 0.3) is 0 Å². The summed E-state index contributed by atoms with van der Waals surface area (Å²) in [5, 5.41) is 3.52. The topological polar surface area (TPSA) is 29.8 Å². The minimum atomic E-state index is 0.520. The van der Waals surface area contributed by atoms with E-state index in [-0.39, 0.29) is 0 Å². The molecule has 0 bridgehead atoms. The van der Waals surface area contributed by atoms with Crippen molar-refractivity contribution in [1.29, 1.82) is 0 Å². The van der Waals surface area contributed by atoms with Crippen LogP contribution in [-0.2, 0) is 11.3 Å². The van der Waals surface area contributed by atoms with E-state index in [1.54, 1.807) is 18.9 Å². The number of hydrogen-bond acceptors (Lipinski definition) is 4. The summed E-state index contributed by atoms with van der Waals surface area (Å²) in [5.74, 6) is 0. The Morgan fingerprint density at radius 1 is 1.30 bits per heavy atom. The van der Waals surface area contributed by atoms with Crippen molar-refractivity contribution in [2.75, 3.05) is 13.7 Å². The fourth-order valence-corrected chi connectivity index (χ4v) is 5.21. The van der Waals surface area contributed by atoms with Crippen LogP contribution in [0.4, 0.5) is 0 Å². The molecule has 1 aliphatic carbocycles. The van der Waals surface area contributed by atoms with Crippen LogP contribution in [0, 0.1) is 13.8 Å². The maximum absolute atomic E-state index is 5.26. The van der Waals surface area contributed by atoms with Gasteiger partial charge < -0.3 is 14.2 Å². The second-order valence-electron chi connectivity index (χ2n) is 6.75. The molecule has 4 rings (SSSR count). The first-order valence-electron chi connectivity index (χ1n) is 8.60.